The van der Waals surface area contributed by atoms with E-state index in [0.29, 0.717) is 18.9 Å². The van der Waals surface area contributed by atoms with Crippen LogP contribution < -0.4 is 0 Å². The van der Waals surface area contributed by atoms with Gasteiger partial charge in [0.15, 0.2) is 0 Å². The minimum absolute atomic E-state index is 0.0638. The molecule has 0 aromatic heterocycles. The van der Waals surface area contributed by atoms with Crippen LogP contribution >= 0.6 is 11.6 Å². The molecule has 1 aliphatic carbocycles. The van der Waals surface area contributed by atoms with Crippen LogP contribution in [0.3, 0.4) is 0 Å². The summed E-state index contributed by atoms with van der Waals surface area (Å²) >= 11 is 5.83. The number of carboxylic acids is 1. The Balaban J connectivity index is 2.59. The molecule has 0 aliphatic heterocycles. The summed E-state index contributed by atoms with van der Waals surface area (Å²) in [6.45, 7) is 0. The topological polar surface area (TPSA) is 37.3 Å². The maximum absolute atomic E-state index is 13.5. The van der Waals surface area contributed by atoms with Crippen LogP contribution in [0.5, 0.6) is 0 Å². The largest absolute Gasteiger partial charge is 0.481 e. The quantitative estimate of drug-likeness (QED) is 0.831. The van der Waals surface area contributed by atoms with E-state index in [9.17, 15) is 18.7 Å². The maximum atomic E-state index is 13.5. The van der Waals surface area contributed by atoms with Gasteiger partial charge in [0.1, 0.15) is 11.6 Å². The molecule has 1 saturated carbocycles. The van der Waals surface area contributed by atoms with Crippen LogP contribution in [-0.4, -0.2) is 11.1 Å². The van der Waals surface area contributed by atoms with Gasteiger partial charge in [0.25, 0.3) is 0 Å². The fraction of sp³-hybridized carbons (Fsp3) is 0.462. The lowest BCUT2D eigenvalue weighted by molar-refractivity contribution is -0.145. The summed E-state index contributed by atoms with van der Waals surface area (Å²) in [5.41, 5.74) is -1.19. The molecule has 1 aromatic carbocycles. The predicted octanol–water partition coefficient (Wildman–Crippen LogP) is 3.90. The van der Waals surface area contributed by atoms with Crippen molar-refractivity contribution < 1.29 is 18.7 Å². The van der Waals surface area contributed by atoms with Gasteiger partial charge in [-0.05, 0) is 24.5 Å². The average Bonchev–Trinajstić information content (AvgIpc) is 2.34. The molecular weight excluding hydrogens is 262 g/mol. The minimum atomic E-state index is -1.25. The molecule has 2 rings (SSSR count). The van der Waals surface area contributed by atoms with Crippen molar-refractivity contribution in [1.82, 2.24) is 0 Å². The fourth-order valence-corrected chi connectivity index (χ4v) is 2.95. The normalized spacial score (nSPS) is 18.6. The second kappa shape index (κ2) is 4.84. The van der Waals surface area contributed by atoms with Crippen molar-refractivity contribution in [2.45, 2.75) is 37.5 Å². The summed E-state index contributed by atoms with van der Waals surface area (Å²) < 4.78 is 26.8. The number of carboxylic acid groups (broad SMARTS) is 1. The van der Waals surface area contributed by atoms with Gasteiger partial charge in [-0.15, -0.1) is 0 Å². The Morgan fingerprint density at radius 1 is 1.22 bits per heavy atom. The number of benzene rings is 1. The third kappa shape index (κ3) is 2.09. The van der Waals surface area contributed by atoms with Crippen molar-refractivity contribution in [2.75, 3.05) is 0 Å². The van der Waals surface area contributed by atoms with Gasteiger partial charge in [-0.3, -0.25) is 4.79 Å². The van der Waals surface area contributed by atoms with E-state index in [2.05, 4.69) is 0 Å². The van der Waals surface area contributed by atoms with Crippen molar-refractivity contribution >= 4 is 17.6 Å². The number of halogens is 3. The fourth-order valence-electron chi connectivity index (χ4n) is 2.66. The molecule has 1 N–H and O–H groups in total. The Labute approximate surface area is 109 Å². The van der Waals surface area contributed by atoms with Crippen LogP contribution in [0.15, 0.2) is 12.1 Å². The lowest BCUT2D eigenvalue weighted by atomic mass is 9.69. The summed E-state index contributed by atoms with van der Waals surface area (Å²) in [5, 5.41) is 9.17. The van der Waals surface area contributed by atoms with Gasteiger partial charge in [0.2, 0.25) is 0 Å². The highest BCUT2D eigenvalue weighted by Gasteiger charge is 2.43. The molecule has 5 heteroatoms. The first-order chi connectivity index (χ1) is 8.47. The zero-order valence-corrected chi connectivity index (χ0v) is 10.4. The molecule has 1 fully saturated rings. The molecule has 1 aliphatic rings. The van der Waals surface area contributed by atoms with Gasteiger partial charge >= 0.3 is 5.97 Å². The van der Waals surface area contributed by atoms with Crippen molar-refractivity contribution in [2.24, 2.45) is 0 Å². The summed E-state index contributed by atoms with van der Waals surface area (Å²) in [5.74, 6) is -2.76. The molecule has 18 heavy (non-hydrogen) atoms. The second-order valence-electron chi connectivity index (χ2n) is 4.70. The Hall–Kier alpha value is -1.16. The maximum Gasteiger partial charge on any atom is 0.314 e. The molecule has 0 heterocycles. The first kappa shape index (κ1) is 13.3. The standard InChI is InChI=1S/C13H13ClF2O2/c14-11-9(6-8(15)7-10(11)16)13(12(17)18)4-2-1-3-5-13/h6-7H,1-5H2,(H,17,18). The van der Waals surface area contributed by atoms with Crippen LogP contribution in [0.4, 0.5) is 8.78 Å². The van der Waals surface area contributed by atoms with Gasteiger partial charge in [-0.2, -0.15) is 0 Å². The number of carbonyl (C=O) groups is 1. The summed E-state index contributed by atoms with van der Waals surface area (Å²) in [4.78, 5) is 11.5. The molecule has 0 amide bonds. The zero-order valence-electron chi connectivity index (χ0n) is 9.68. The lowest BCUT2D eigenvalue weighted by Crippen LogP contribution is -2.38. The van der Waals surface area contributed by atoms with E-state index in [1.54, 1.807) is 0 Å². The molecular formula is C13H13ClF2O2. The van der Waals surface area contributed by atoms with E-state index in [1.165, 1.54) is 0 Å². The highest BCUT2D eigenvalue weighted by molar-refractivity contribution is 6.32. The SMILES string of the molecule is O=C(O)C1(c2cc(F)cc(F)c2Cl)CCCCC1. The average molecular weight is 275 g/mol. The van der Waals surface area contributed by atoms with E-state index in [0.717, 1.165) is 25.3 Å². The van der Waals surface area contributed by atoms with Crippen LogP contribution in [0.2, 0.25) is 5.02 Å². The smallest absolute Gasteiger partial charge is 0.314 e. The second-order valence-corrected chi connectivity index (χ2v) is 5.08. The van der Waals surface area contributed by atoms with E-state index >= 15 is 0 Å². The first-order valence-corrected chi connectivity index (χ1v) is 6.23. The van der Waals surface area contributed by atoms with E-state index in [4.69, 9.17) is 11.6 Å². The highest BCUT2D eigenvalue weighted by atomic mass is 35.5. The zero-order chi connectivity index (χ0) is 13.3. The number of aliphatic carboxylic acids is 1. The van der Waals surface area contributed by atoms with Crippen molar-refractivity contribution in [3.05, 3.63) is 34.4 Å². The Morgan fingerprint density at radius 2 is 1.83 bits per heavy atom. The molecule has 1 aromatic rings. The van der Waals surface area contributed by atoms with Crippen molar-refractivity contribution in [3.63, 3.8) is 0 Å². The third-order valence-corrected chi connectivity index (χ3v) is 4.01. The molecule has 0 unspecified atom stereocenters. The van der Waals surface area contributed by atoms with Gasteiger partial charge in [-0.25, -0.2) is 8.78 Å². The summed E-state index contributed by atoms with van der Waals surface area (Å²) in [6, 6.07) is 1.72. The van der Waals surface area contributed by atoms with Crippen molar-refractivity contribution in [3.8, 4) is 0 Å². The van der Waals surface area contributed by atoms with Gasteiger partial charge in [-0.1, -0.05) is 30.9 Å². The Kier molecular flexibility index (Phi) is 3.57. The predicted molar refractivity (Wildman–Crippen MR) is 63.8 cm³/mol. The number of rotatable bonds is 2. The van der Waals surface area contributed by atoms with Crippen LogP contribution in [0.25, 0.3) is 0 Å². The molecule has 98 valence electrons. The van der Waals surface area contributed by atoms with Crippen molar-refractivity contribution in [1.29, 1.82) is 0 Å². The number of hydrogen-bond acceptors (Lipinski definition) is 1. The molecule has 0 radical (unpaired) electrons. The molecule has 0 saturated heterocycles. The minimum Gasteiger partial charge on any atom is -0.481 e. The van der Waals surface area contributed by atoms with Crippen LogP contribution in [-0.2, 0) is 10.2 Å². The van der Waals surface area contributed by atoms with Gasteiger partial charge in [0, 0.05) is 6.07 Å². The van der Waals surface area contributed by atoms with E-state index < -0.39 is 23.0 Å². The van der Waals surface area contributed by atoms with Gasteiger partial charge < -0.3 is 5.11 Å². The van der Waals surface area contributed by atoms with E-state index in [-0.39, 0.29) is 10.6 Å². The molecule has 0 spiro atoms. The molecule has 0 bridgehead atoms. The molecule has 0 atom stereocenters. The van der Waals surface area contributed by atoms with E-state index in [1.807, 2.05) is 0 Å². The molecule has 2 nitrogen and oxygen atoms in total. The highest BCUT2D eigenvalue weighted by Crippen LogP contribution is 2.43. The Morgan fingerprint density at radius 3 is 2.39 bits per heavy atom. The summed E-state index contributed by atoms with van der Waals surface area (Å²) in [7, 11) is 0. The third-order valence-electron chi connectivity index (χ3n) is 3.63. The summed E-state index contributed by atoms with van der Waals surface area (Å²) in [6.07, 6.45) is 3.11. The number of hydrogen-bond donors (Lipinski definition) is 1. The first-order valence-electron chi connectivity index (χ1n) is 5.86. The van der Waals surface area contributed by atoms with Crippen LogP contribution in [0, 0.1) is 11.6 Å². The van der Waals surface area contributed by atoms with Crippen LogP contribution in [0.1, 0.15) is 37.7 Å². The Bertz CT molecular complexity index is 482. The van der Waals surface area contributed by atoms with Gasteiger partial charge in [0.05, 0.1) is 10.4 Å². The lowest BCUT2D eigenvalue weighted by Gasteiger charge is -2.34. The monoisotopic (exact) mass is 274 g/mol.